The van der Waals surface area contributed by atoms with E-state index in [0.29, 0.717) is 12.2 Å². The number of amides is 2. The topological polar surface area (TPSA) is 81.1 Å². The molecule has 7 nitrogen and oxygen atoms in total. The minimum absolute atomic E-state index is 0.170. The Morgan fingerprint density at radius 1 is 1.43 bits per heavy atom. The molecule has 2 N–H and O–H groups in total. The van der Waals surface area contributed by atoms with Crippen LogP contribution >= 0.6 is 0 Å². The Labute approximate surface area is 135 Å². The van der Waals surface area contributed by atoms with Crippen LogP contribution in [0.15, 0.2) is 36.8 Å². The zero-order valence-corrected chi connectivity index (χ0v) is 13.1. The Hall–Kier alpha value is -2.41. The molecule has 23 heavy (non-hydrogen) atoms. The van der Waals surface area contributed by atoms with Crippen LogP contribution in [0.3, 0.4) is 0 Å². The van der Waals surface area contributed by atoms with Crippen LogP contribution in [0, 0.1) is 0 Å². The zero-order valence-electron chi connectivity index (χ0n) is 13.1. The molecule has 0 saturated heterocycles. The molecule has 2 heterocycles. The molecule has 1 fully saturated rings. The van der Waals surface area contributed by atoms with E-state index in [1.54, 1.807) is 30.4 Å². The van der Waals surface area contributed by atoms with Crippen LogP contribution in [0.2, 0.25) is 0 Å². The van der Waals surface area contributed by atoms with Crippen molar-refractivity contribution in [1.82, 2.24) is 20.1 Å². The van der Waals surface area contributed by atoms with Crippen molar-refractivity contribution in [3.05, 3.63) is 42.5 Å². The summed E-state index contributed by atoms with van der Waals surface area (Å²) in [6.07, 6.45) is 8.23. The van der Waals surface area contributed by atoms with E-state index in [0.717, 1.165) is 25.0 Å². The Morgan fingerprint density at radius 3 is 3.09 bits per heavy atom. The van der Waals surface area contributed by atoms with Crippen LogP contribution in [0.1, 0.15) is 25.0 Å². The number of aromatic nitrogens is 3. The maximum absolute atomic E-state index is 12.0. The average molecular weight is 315 g/mol. The maximum atomic E-state index is 12.0. The largest absolute Gasteiger partial charge is 0.381 e. The Kier molecular flexibility index (Phi) is 4.87. The van der Waals surface area contributed by atoms with Gasteiger partial charge in [0, 0.05) is 25.5 Å². The van der Waals surface area contributed by atoms with Crippen molar-refractivity contribution in [2.45, 2.75) is 38.0 Å². The molecular weight excluding hydrogens is 294 g/mol. The second kappa shape index (κ2) is 7.23. The Morgan fingerprint density at radius 2 is 2.35 bits per heavy atom. The first-order valence-electron chi connectivity index (χ1n) is 7.75. The summed E-state index contributed by atoms with van der Waals surface area (Å²) in [5.41, 5.74) is 1.59. The van der Waals surface area contributed by atoms with Crippen molar-refractivity contribution >= 4 is 11.7 Å². The van der Waals surface area contributed by atoms with Gasteiger partial charge in [-0.15, -0.1) is 0 Å². The molecule has 7 heteroatoms. The van der Waals surface area contributed by atoms with Gasteiger partial charge < -0.3 is 15.4 Å². The van der Waals surface area contributed by atoms with Crippen molar-refractivity contribution in [3.8, 4) is 0 Å². The lowest BCUT2D eigenvalue weighted by Crippen LogP contribution is -2.36. The Balaban J connectivity index is 1.49. The third-order valence-corrected chi connectivity index (χ3v) is 3.99. The fraction of sp³-hybridized carbons (Fsp3) is 0.438. The molecule has 2 aromatic heterocycles. The minimum Gasteiger partial charge on any atom is -0.381 e. The van der Waals surface area contributed by atoms with E-state index >= 15 is 0 Å². The van der Waals surface area contributed by atoms with Crippen molar-refractivity contribution < 1.29 is 9.53 Å². The molecule has 3 rings (SSSR count). The van der Waals surface area contributed by atoms with E-state index in [1.807, 2.05) is 18.2 Å². The number of pyridine rings is 1. The van der Waals surface area contributed by atoms with Gasteiger partial charge in [-0.3, -0.25) is 9.67 Å². The Bertz CT molecular complexity index is 643. The molecule has 2 aromatic rings. The van der Waals surface area contributed by atoms with Gasteiger partial charge in [0.25, 0.3) is 0 Å². The zero-order chi connectivity index (χ0) is 16.1. The number of carbonyl (C=O) groups is 1. The fourth-order valence-electron chi connectivity index (χ4n) is 2.81. The summed E-state index contributed by atoms with van der Waals surface area (Å²) in [7, 11) is 1.71. The van der Waals surface area contributed by atoms with E-state index in [2.05, 4.69) is 20.7 Å². The third-order valence-electron chi connectivity index (χ3n) is 3.99. The summed E-state index contributed by atoms with van der Waals surface area (Å²) < 4.78 is 7.05. The molecule has 1 aliphatic rings. The van der Waals surface area contributed by atoms with Gasteiger partial charge in [-0.05, 0) is 31.4 Å². The van der Waals surface area contributed by atoms with E-state index in [1.165, 1.54) is 0 Å². The molecule has 0 bridgehead atoms. The lowest BCUT2D eigenvalue weighted by molar-refractivity contribution is 0.107. The molecule has 1 aliphatic carbocycles. The number of nitrogens with one attached hydrogen (secondary N) is 2. The van der Waals surface area contributed by atoms with E-state index in [4.69, 9.17) is 4.74 Å². The van der Waals surface area contributed by atoms with Gasteiger partial charge in [-0.2, -0.15) is 5.10 Å². The number of methoxy groups -OCH3 is 1. The number of ether oxygens (including phenoxy) is 1. The maximum Gasteiger partial charge on any atom is 0.319 e. The number of hydrogen-bond acceptors (Lipinski definition) is 4. The number of carbonyl (C=O) groups excluding carboxylic acids is 1. The first-order chi connectivity index (χ1) is 11.2. The number of nitrogens with zero attached hydrogens (tertiary/aromatic N) is 3. The van der Waals surface area contributed by atoms with E-state index < -0.39 is 0 Å². The van der Waals surface area contributed by atoms with Gasteiger partial charge in [0.1, 0.15) is 0 Å². The van der Waals surface area contributed by atoms with Crippen molar-refractivity contribution in [1.29, 1.82) is 0 Å². The quantitative estimate of drug-likeness (QED) is 0.884. The smallest absolute Gasteiger partial charge is 0.319 e. The van der Waals surface area contributed by atoms with Gasteiger partial charge in [0.05, 0.1) is 30.2 Å². The van der Waals surface area contributed by atoms with Gasteiger partial charge in [0.15, 0.2) is 0 Å². The normalized spacial score (nSPS) is 20.4. The highest BCUT2D eigenvalue weighted by molar-refractivity contribution is 5.89. The SMILES string of the molecule is CO[C@@H]1CC[C@@H](NC(=O)Nc2cnn(Cc3ccccn3)c2)C1. The standard InChI is InChI=1S/C16H21N5O2/c1-23-15-6-5-12(8-15)19-16(22)20-14-9-18-21(11-14)10-13-4-2-3-7-17-13/h2-4,7,9,11-12,15H,5-6,8,10H2,1H3,(H2,19,20,22)/t12-,15-/m1/s1. The molecule has 0 unspecified atom stereocenters. The van der Waals surface area contributed by atoms with Crippen LogP contribution in [-0.2, 0) is 11.3 Å². The average Bonchev–Trinajstić information content (AvgIpc) is 3.18. The third kappa shape index (κ3) is 4.29. The van der Waals surface area contributed by atoms with Crippen molar-refractivity contribution in [3.63, 3.8) is 0 Å². The lowest BCUT2D eigenvalue weighted by Gasteiger charge is -2.13. The number of rotatable bonds is 5. The molecular formula is C16H21N5O2. The summed E-state index contributed by atoms with van der Waals surface area (Å²) in [5.74, 6) is 0. The van der Waals surface area contributed by atoms with Crippen LogP contribution in [-0.4, -0.2) is 40.1 Å². The van der Waals surface area contributed by atoms with E-state index in [9.17, 15) is 4.79 Å². The van der Waals surface area contributed by atoms with Gasteiger partial charge in [-0.1, -0.05) is 6.07 Å². The van der Waals surface area contributed by atoms with Crippen molar-refractivity contribution in [2.24, 2.45) is 0 Å². The molecule has 0 spiro atoms. The highest BCUT2D eigenvalue weighted by atomic mass is 16.5. The van der Waals surface area contributed by atoms with Crippen LogP contribution in [0.5, 0.6) is 0 Å². The molecule has 0 radical (unpaired) electrons. The molecule has 2 atom stereocenters. The predicted octanol–water partition coefficient (Wildman–Crippen LogP) is 2.02. The minimum atomic E-state index is -0.205. The second-order valence-electron chi connectivity index (χ2n) is 5.71. The highest BCUT2D eigenvalue weighted by Gasteiger charge is 2.25. The second-order valence-corrected chi connectivity index (χ2v) is 5.71. The molecule has 2 amide bonds. The molecule has 1 saturated carbocycles. The van der Waals surface area contributed by atoms with Gasteiger partial charge in [0.2, 0.25) is 0 Å². The van der Waals surface area contributed by atoms with Gasteiger partial charge in [-0.25, -0.2) is 4.79 Å². The number of hydrogen-bond donors (Lipinski definition) is 2. The molecule has 122 valence electrons. The van der Waals surface area contributed by atoms with E-state index in [-0.39, 0.29) is 18.2 Å². The highest BCUT2D eigenvalue weighted by Crippen LogP contribution is 2.21. The predicted molar refractivity (Wildman–Crippen MR) is 86.2 cm³/mol. The van der Waals surface area contributed by atoms with Gasteiger partial charge >= 0.3 is 6.03 Å². The first kappa shape index (κ1) is 15.5. The van der Waals surface area contributed by atoms with Crippen LogP contribution in [0.25, 0.3) is 0 Å². The van der Waals surface area contributed by atoms with Crippen molar-refractivity contribution in [2.75, 3.05) is 12.4 Å². The monoisotopic (exact) mass is 315 g/mol. The molecule has 0 aromatic carbocycles. The molecule has 0 aliphatic heterocycles. The fourth-order valence-corrected chi connectivity index (χ4v) is 2.81. The lowest BCUT2D eigenvalue weighted by atomic mass is 10.2. The van der Waals surface area contributed by atoms with Crippen LogP contribution in [0.4, 0.5) is 10.5 Å². The summed E-state index contributed by atoms with van der Waals surface area (Å²) >= 11 is 0. The first-order valence-corrected chi connectivity index (χ1v) is 7.75. The number of urea groups is 1. The summed E-state index contributed by atoms with van der Waals surface area (Å²) in [6, 6.07) is 5.72. The summed E-state index contributed by atoms with van der Waals surface area (Å²) in [6.45, 7) is 0.572. The number of anilines is 1. The summed E-state index contributed by atoms with van der Waals surface area (Å²) in [5, 5.41) is 10.0. The van der Waals surface area contributed by atoms with Crippen LogP contribution < -0.4 is 10.6 Å². The summed E-state index contributed by atoms with van der Waals surface area (Å²) in [4.78, 5) is 16.3.